The van der Waals surface area contributed by atoms with Crippen LogP contribution in [0.5, 0.6) is 5.75 Å². The zero-order valence-electron chi connectivity index (χ0n) is 23.7. The normalized spacial score (nSPS) is 11.1. The van der Waals surface area contributed by atoms with E-state index in [4.69, 9.17) is 31.5 Å². The molecular formula is C31H31BrClN3O6. The summed E-state index contributed by atoms with van der Waals surface area (Å²) in [5.41, 5.74) is 10.1. The van der Waals surface area contributed by atoms with Crippen LogP contribution >= 0.6 is 27.5 Å². The molecule has 0 amide bonds. The molecule has 3 aromatic carbocycles. The van der Waals surface area contributed by atoms with Crippen LogP contribution in [0, 0.1) is 6.92 Å². The summed E-state index contributed by atoms with van der Waals surface area (Å²) in [6.45, 7) is 2.07. The number of halogens is 2. The standard InChI is InChI=1S/C31H31BrClN3O6/c1-18-24(25-15-23(40-4)9-10-27(25)36(18)30(38)19-5-7-22(33)8-6-19)16-28(37)41-11-12-42-31(39)20-13-21(17-35(2)3)29(34)26(32)14-20/h5-10,13-15H,11-12,16-17,34H2,1-4H3. The number of fused-ring (bicyclic) bond motifs is 1. The molecule has 0 radical (unpaired) electrons. The highest BCUT2D eigenvalue weighted by Gasteiger charge is 2.23. The van der Waals surface area contributed by atoms with Crippen molar-refractivity contribution < 1.29 is 28.6 Å². The van der Waals surface area contributed by atoms with Crippen LogP contribution in [-0.4, -0.2) is 61.7 Å². The van der Waals surface area contributed by atoms with Crippen LogP contribution < -0.4 is 10.5 Å². The van der Waals surface area contributed by atoms with Gasteiger partial charge in [-0.15, -0.1) is 0 Å². The van der Waals surface area contributed by atoms with Gasteiger partial charge in [0.2, 0.25) is 0 Å². The minimum Gasteiger partial charge on any atom is -0.497 e. The van der Waals surface area contributed by atoms with Gasteiger partial charge in [-0.25, -0.2) is 4.79 Å². The monoisotopic (exact) mass is 655 g/mol. The maximum Gasteiger partial charge on any atom is 0.338 e. The Bertz CT molecular complexity index is 1650. The van der Waals surface area contributed by atoms with Crippen molar-refractivity contribution >= 4 is 62.0 Å². The first-order chi connectivity index (χ1) is 20.0. The van der Waals surface area contributed by atoms with Crippen LogP contribution in [0.2, 0.25) is 5.02 Å². The van der Waals surface area contributed by atoms with Gasteiger partial charge in [0, 0.05) is 32.7 Å². The number of methoxy groups -OCH3 is 1. The Kier molecular flexibility index (Phi) is 9.93. The fourth-order valence-corrected chi connectivity index (χ4v) is 5.26. The molecule has 220 valence electrons. The summed E-state index contributed by atoms with van der Waals surface area (Å²) in [6, 6.07) is 15.2. The third-order valence-corrected chi connectivity index (χ3v) is 7.58. The Morgan fingerprint density at radius 3 is 2.33 bits per heavy atom. The molecule has 0 unspecified atom stereocenters. The third-order valence-electron chi connectivity index (χ3n) is 6.67. The summed E-state index contributed by atoms with van der Waals surface area (Å²) in [7, 11) is 5.35. The van der Waals surface area contributed by atoms with Gasteiger partial charge in [0.05, 0.1) is 30.3 Å². The highest BCUT2D eigenvalue weighted by Crippen LogP contribution is 2.31. The Labute approximate surface area is 257 Å². The molecule has 0 aliphatic rings. The number of ether oxygens (including phenoxy) is 3. The number of nitrogens with zero attached hydrogens (tertiary/aromatic N) is 2. The minimum absolute atomic E-state index is 0.0941. The first kappa shape index (κ1) is 31.1. The van der Waals surface area contributed by atoms with E-state index in [1.165, 1.54) is 0 Å². The second-order valence-electron chi connectivity index (χ2n) is 9.90. The van der Waals surface area contributed by atoms with Crippen molar-refractivity contribution in [3.8, 4) is 5.75 Å². The minimum atomic E-state index is -0.557. The van der Waals surface area contributed by atoms with E-state index in [1.807, 2.05) is 19.0 Å². The molecule has 0 bridgehead atoms. The van der Waals surface area contributed by atoms with Crippen LogP contribution in [0.4, 0.5) is 5.69 Å². The predicted octanol–water partition coefficient (Wildman–Crippen LogP) is 5.65. The number of nitrogens with two attached hydrogens (primary N) is 1. The molecule has 1 heterocycles. The number of nitrogen functional groups attached to an aromatic ring is 1. The Morgan fingerprint density at radius 1 is 0.976 bits per heavy atom. The number of hydrogen-bond acceptors (Lipinski definition) is 8. The van der Waals surface area contributed by atoms with E-state index in [1.54, 1.807) is 73.2 Å². The summed E-state index contributed by atoms with van der Waals surface area (Å²) in [5, 5.41) is 1.22. The van der Waals surface area contributed by atoms with Gasteiger partial charge in [-0.2, -0.15) is 0 Å². The summed E-state index contributed by atoms with van der Waals surface area (Å²) in [6.07, 6.45) is -0.0941. The van der Waals surface area contributed by atoms with Crippen LogP contribution in [-0.2, 0) is 27.2 Å². The lowest BCUT2D eigenvalue weighted by Crippen LogP contribution is -2.17. The fourth-order valence-electron chi connectivity index (χ4n) is 4.63. The van der Waals surface area contributed by atoms with Crippen molar-refractivity contribution in [3.05, 3.63) is 92.0 Å². The zero-order valence-corrected chi connectivity index (χ0v) is 26.0. The highest BCUT2D eigenvalue weighted by molar-refractivity contribution is 9.10. The van der Waals surface area contributed by atoms with Gasteiger partial charge >= 0.3 is 11.9 Å². The van der Waals surface area contributed by atoms with E-state index in [0.717, 1.165) is 5.56 Å². The molecule has 42 heavy (non-hydrogen) atoms. The average Bonchev–Trinajstić information content (AvgIpc) is 3.22. The fraction of sp³-hybridized carbons (Fsp3) is 0.258. The van der Waals surface area contributed by atoms with Crippen LogP contribution in [0.1, 0.15) is 37.5 Å². The van der Waals surface area contributed by atoms with Gasteiger partial charge in [-0.3, -0.25) is 14.2 Å². The Hall–Kier alpha value is -3.86. The quantitative estimate of drug-likeness (QED) is 0.132. The molecule has 4 aromatic rings. The first-order valence-electron chi connectivity index (χ1n) is 13.0. The molecule has 0 aliphatic heterocycles. The second-order valence-corrected chi connectivity index (χ2v) is 11.2. The Balaban J connectivity index is 1.45. The summed E-state index contributed by atoms with van der Waals surface area (Å²) in [4.78, 5) is 40.9. The van der Waals surface area contributed by atoms with E-state index in [-0.39, 0.29) is 25.5 Å². The molecule has 1 aromatic heterocycles. The zero-order chi connectivity index (χ0) is 30.6. The predicted molar refractivity (Wildman–Crippen MR) is 165 cm³/mol. The summed E-state index contributed by atoms with van der Waals surface area (Å²) >= 11 is 9.39. The van der Waals surface area contributed by atoms with Crippen molar-refractivity contribution in [2.24, 2.45) is 0 Å². The number of esters is 2. The van der Waals surface area contributed by atoms with Crippen molar-refractivity contribution in [3.63, 3.8) is 0 Å². The maximum atomic E-state index is 13.5. The van der Waals surface area contributed by atoms with E-state index >= 15 is 0 Å². The van der Waals surface area contributed by atoms with E-state index in [2.05, 4.69) is 15.9 Å². The SMILES string of the molecule is COc1ccc2c(c1)c(CC(=O)OCCOC(=O)c1cc(Br)c(N)c(CN(C)C)c1)c(C)n2C(=O)c1ccc(Cl)cc1. The van der Waals surface area contributed by atoms with Crippen molar-refractivity contribution in [1.29, 1.82) is 0 Å². The van der Waals surface area contributed by atoms with Gasteiger partial charge in [-0.1, -0.05) is 11.6 Å². The van der Waals surface area contributed by atoms with Crippen LogP contribution in [0.3, 0.4) is 0 Å². The molecule has 0 spiro atoms. The van der Waals surface area contributed by atoms with E-state index in [0.29, 0.717) is 60.8 Å². The number of carbonyl (C=O) groups excluding carboxylic acids is 3. The van der Waals surface area contributed by atoms with Gasteiger partial charge < -0.3 is 24.8 Å². The highest BCUT2D eigenvalue weighted by atomic mass is 79.9. The summed E-state index contributed by atoms with van der Waals surface area (Å²) in [5.74, 6) is -0.756. The molecule has 2 N–H and O–H groups in total. The maximum absolute atomic E-state index is 13.5. The molecule has 9 nitrogen and oxygen atoms in total. The number of aromatic nitrogens is 1. The topological polar surface area (TPSA) is 113 Å². The molecular weight excluding hydrogens is 626 g/mol. The number of carbonyl (C=O) groups is 3. The van der Waals surface area contributed by atoms with Crippen molar-refractivity contribution in [2.75, 3.05) is 40.2 Å². The van der Waals surface area contributed by atoms with E-state index < -0.39 is 11.9 Å². The van der Waals surface area contributed by atoms with E-state index in [9.17, 15) is 14.4 Å². The van der Waals surface area contributed by atoms with Gasteiger partial charge in [-0.05, 0) is 103 Å². The Morgan fingerprint density at radius 2 is 1.67 bits per heavy atom. The lowest BCUT2D eigenvalue weighted by Gasteiger charge is -2.15. The molecule has 0 aliphatic carbocycles. The van der Waals surface area contributed by atoms with Gasteiger partial charge in [0.25, 0.3) is 5.91 Å². The lowest BCUT2D eigenvalue weighted by atomic mass is 10.1. The number of benzene rings is 3. The summed E-state index contributed by atoms with van der Waals surface area (Å²) < 4.78 is 18.3. The molecule has 11 heteroatoms. The number of hydrogen-bond donors (Lipinski definition) is 1. The van der Waals surface area contributed by atoms with Gasteiger partial charge in [0.15, 0.2) is 0 Å². The lowest BCUT2D eigenvalue weighted by molar-refractivity contribution is -0.143. The number of rotatable bonds is 10. The second kappa shape index (κ2) is 13.4. The van der Waals surface area contributed by atoms with Crippen molar-refractivity contribution in [2.45, 2.75) is 19.9 Å². The van der Waals surface area contributed by atoms with Crippen LogP contribution in [0.15, 0.2) is 59.1 Å². The average molecular weight is 657 g/mol. The number of anilines is 1. The molecule has 0 atom stereocenters. The molecule has 0 fully saturated rings. The van der Waals surface area contributed by atoms with Gasteiger partial charge in [0.1, 0.15) is 19.0 Å². The molecule has 0 saturated carbocycles. The molecule has 0 saturated heterocycles. The van der Waals surface area contributed by atoms with Crippen molar-refractivity contribution in [1.82, 2.24) is 9.47 Å². The molecule has 4 rings (SSSR count). The first-order valence-corrected chi connectivity index (χ1v) is 14.2. The smallest absolute Gasteiger partial charge is 0.338 e. The van der Waals surface area contributed by atoms with Crippen LogP contribution in [0.25, 0.3) is 10.9 Å². The largest absolute Gasteiger partial charge is 0.497 e. The third kappa shape index (κ3) is 6.95.